The van der Waals surface area contributed by atoms with E-state index < -0.39 is 21.7 Å². The van der Waals surface area contributed by atoms with Gasteiger partial charge in [0.15, 0.2) is 5.69 Å². The lowest BCUT2D eigenvalue weighted by Gasteiger charge is -2.28. The average molecular weight is 602 g/mol. The summed E-state index contributed by atoms with van der Waals surface area (Å²) in [5, 5.41) is 2.95. The smallest absolute Gasteiger partial charge is 0.273 e. The van der Waals surface area contributed by atoms with Crippen molar-refractivity contribution in [2.75, 3.05) is 17.1 Å². The highest BCUT2D eigenvalue weighted by molar-refractivity contribution is 7.92. The molecule has 2 bridgehead atoms. The number of sulfonamides is 1. The van der Waals surface area contributed by atoms with Crippen molar-refractivity contribution in [2.45, 2.75) is 88.8 Å². The van der Waals surface area contributed by atoms with E-state index in [2.05, 4.69) is 16.9 Å². The van der Waals surface area contributed by atoms with Crippen LogP contribution in [0.25, 0.3) is 0 Å². The molecule has 3 fully saturated rings. The van der Waals surface area contributed by atoms with Crippen LogP contribution in [0.15, 0.2) is 41.5 Å². The largest absolute Gasteiger partial charge is 0.448 e. The van der Waals surface area contributed by atoms with Gasteiger partial charge in [0.25, 0.3) is 11.8 Å². The number of oxazole rings is 1. The second-order valence-electron chi connectivity index (χ2n) is 11.9. The maximum absolute atomic E-state index is 14.4. The Morgan fingerprint density at radius 3 is 2.64 bits per heavy atom. The van der Waals surface area contributed by atoms with Crippen LogP contribution >= 0.6 is 0 Å². The van der Waals surface area contributed by atoms with Gasteiger partial charge in [-0.2, -0.15) is 0 Å². The Hall–Kier alpha value is -3.05. The molecule has 1 aromatic carbocycles. The number of ether oxygens (including phenoxy) is 1. The Balaban J connectivity index is 1.27. The SMILES string of the molecule is C=CC(=O)N(c1ccc(F)cc1C[C@H]1C2CCC(O2)[C@@H]1c1nc(C(=O)NCCCCC2CCCCC2)co1)S(C)(=O)=O. The minimum Gasteiger partial charge on any atom is -0.448 e. The fraction of sp³-hybridized carbons (Fsp3) is 0.581. The molecule has 228 valence electrons. The lowest BCUT2D eigenvalue weighted by molar-refractivity contribution is -0.113. The van der Waals surface area contributed by atoms with Crippen LogP contribution in [-0.4, -0.2) is 50.2 Å². The zero-order valence-electron chi connectivity index (χ0n) is 24.1. The standard InChI is InChI=1S/C31H40FN3O6S/c1-3-28(36)35(42(2,38)39)25-13-12-22(32)17-21(25)18-23-26-14-15-27(41-26)29(23)31-34-24(19-40-31)30(37)33-16-8-7-11-20-9-5-4-6-10-20/h3,12-13,17,19-20,23,26-27,29H,1,4-11,14-16,18H2,2H3,(H,33,37)/t23-,26?,27?,29+/m0/s1. The van der Waals surface area contributed by atoms with Crippen molar-refractivity contribution < 1.29 is 31.6 Å². The van der Waals surface area contributed by atoms with Gasteiger partial charge in [0.1, 0.15) is 12.1 Å². The number of carbonyl (C=O) groups excluding carboxylic acids is 2. The molecule has 2 amide bonds. The number of rotatable bonds is 12. The summed E-state index contributed by atoms with van der Waals surface area (Å²) in [7, 11) is -4.01. The minimum atomic E-state index is -4.01. The number of aromatic nitrogens is 1. The van der Waals surface area contributed by atoms with Crippen LogP contribution in [0.5, 0.6) is 0 Å². The first-order valence-electron chi connectivity index (χ1n) is 15.0. The molecule has 1 aliphatic carbocycles. The number of carbonyl (C=O) groups is 2. The summed E-state index contributed by atoms with van der Waals surface area (Å²) in [4.78, 5) is 29.9. The van der Waals surface area contributed by atoms with Gasteiger partial charge in [-0.3, -0.25) is 9.59 Å². The first-order valence-corrected chi connectivity index (χ1v) is 16.8. The van der Waals surface area contributed by atoms with E-state index in [0.717, 1.165) is 50.0 Å². The third-order valence-corrected chi connectivity index (χ3v) is 9.98. The maximum atomic E-state index is 14.4. The van der Waals surface area contributed by atoms with Crippen molar-refractivity contribution in [1.29, 1.82) is 0 Å². The molecule has 2 aromatic rings. The third-order valence-electron chi connectivity index (χ3n) is 8.94. The summed E-state index contributed by atoms with van der Waals surface area (Å²) in [6, 6.07) is 3.66. The van der Waals surface area contributed by atoms with E-state index in [1.165, 1.54) is 56.9 Å². The van der Waals surface area contributed by atoms with Gasteiger partial charge in [0.05, 0.1) is 30.1 Å². The van der Waals surface area contributed by atoms with Crippen LogP contribution in [0.3, 0.4) is 0 Å². The van der Waals surface area contributed by atoms with Crippen molar-refractivity contribution in [2.24, 2.45) is 11.8 Å². The number of benzene rings is 1. The molecule has 1 N–H and O–H groups in total. The molecule has 3 aliphatic rings. The van der Waals surface area contributed by atoms with Crippen LogP contribution in [0.2, 0.25) is 0 Å². The Morgan fingerprint density at radius 2 is 1.90 bits per heavy atom. The first-order chi connectivity index (χ1) is 20.2. The van der Waals surface area contributed by atoms with Crippen LogP contribution in [0.4, 0.5) is 10.1 Å². The van der Waals surface area contributed by atoms with E-state index in [9.17, 15) is 22.4 Å². The van der Waals surface area contributed by atoms with Crippen LogP contribution in [0, 0.1) is 17.7 Å². The highest BCUT2D eigenvalue weighted by atomic mass is 32.2. The van der Waals surface area contributed by atoms with Crippen molar-refractivity contribution in [3.63, 3.8) is 0 Å². The number of halogens is 1. The van der Waals surface area contributed by atoms with Gasteiger partial charge < -0.3 is 14.5 Å². The second kappa shape index (κ2) is 13.1. The zero-order valence-corrected chi connectivity index (χ0v) is 24.9. The number of nitrogens with zero attached hydrogens (tertiary/aromatic N) is 2. The van der Waals surface area contributed by atoms with E-state index in [1.807, 2.05) is 0 Å². The molecule has 3 heterocycles. The quantitative estimate of drug-likeness (QED) is 0.260. The molecule has 2 saturated heterocycles. The number of anilines is 1. The lowest BCUT2D eigenvalue weighted by atomic mass is 9.76. The maximum Gasteiger partial charge on any atom is 0.273 e. The lowest BCUT2D eigenvalue weighted by Crippen LogP contribution is -2.36. The Kier molecular flexibility index (Phi) is 9.47. The molecular weight excluding hydrogens is 561 g/mol. The summed E-state index contributed by atoms with van der Waals surface area (Å²) in [5.41, 5.74) is 0.617. The number of hydrogen-bond donors (Lipinski definition) is 1. The molecule has 1 aromatic heterocycles. The molecule has 1 saturated carbocycles. The van der Waals surface area contributed by atoms with E-state index in [0.29, 0.717) is 22.3 Å². The normalized spacial score (nSPS) is 24.0. The zero-order chi connectivity index (χ0) is 29.9. The molecule has 0 spiro atoms. The fourth-order valence-corrected chi connectivity index (χ4v) is 7.90. The molecule has 2 aliphatic heterocycles. The van der Waals surface area contributed by atoms with Gasteiger partial charge >= 0.3 is 0 Å². The number of fused-ring (bicyclic) bond motifs is 2. The Labute approximate surface area is 246 Å². The van der Waals surface area contributed by atoms with Gasteiger partial charge in [-0.1, -0.05) is 51.5 Å². The van der Waals surface area contributed by atoms with Crippen molar-refractivity contribution in [3.05, 3.63) is 60.1 Å². The number of nitrogens with one attached hydrogen (secondary N) is 1. The summed E-state index contributed by atoms with van der Waals surface area (Å²) in [6.07, 6.45) is 14.5. The number of hydrogen-bond acceptors (Lipinski definition) is 7. The molecule has 2 unspecified atom stereocenters. The monoisotopic (exact) mass is 601 g/mol. The van der Waals surface area contributed by atoms with Crippen LogP contribution in [0.1, 0.15) is 92.1 Å². The fourth-order valence-electron chi connectivity index (χ4n) is 6.96. The highest BCUT2D eigenvalue weighted by Crippen LogP contribution is 2.50. The van der Waals surface area contributed by atoms with Gasteiger partial charge in [-0.15, -0.1) is 0 Å². The summed E-state index contributed by atoms with van der Waals surface area (Å²) in [5.74, 6) is -1.01. The molecular formula is C31H40FN3O6S. The third kappa shape index (κ3) is 6.78. The summed E-state index contributed by atoms with van der Waals surface area (Å²) in [6.45, 7) is 3.99. The predicted octanol–water partition coefficient (Wildman–Crippen LogP) is 5.28. The van der Waals surface area contributed by atoms with E-state index in [1.54, 1.807) is 0 Å². The highest BCUT2D eigenvalue weighted by Gasteiger charge is 2.52. The first kappa shape index (κ1) is 30.4. The predicted molar refractivity (Wildman–Crippen MR) is 156 cm³/mol. The van der Waals surface area contributed by atoms with E-state index >= 15 is 0 Å². The molecule has 42 heavy (non-hydrogen) atoms. The number of unbranched alkanes of at least 4 members (excludes halogenated alkanes) is 1. The van der Waals surface area contributed by atoms with Crippen LogP contribution < -0.4 is 9.62 Å². The molecule has 11 heteroatoms. The Morgan fingerprint density at radius 1 is 1.14 bits per heavy atom. The minimum absolute atomic E-state index is 0.0706. The topological polar surface area (TPSA) is 119 Å². The summed E-state index contributed by atoms with van der Waals surface area (Å²) < 4.78 is 52.2. The van der Waals surface area contributed by atoms with Gasteiger partial charge in [-0.05, 0) is 61.4 Å². The van der Waals surface area contributed by atoms with Gasteiger partial charge in [0.2, 0.25) is 15.9 Å². The van der Waals surface area contributed by atoms with E-state index in [4.69, 9.17) is 9.15 Å². The number of amides is 2. The molecule has 9 nitrogen and oxygen atoms in total. The summed E-state index contributed by atoms with van der Waals surface area (Å²) >= 11 is 0. The molecule has 5 rings (SSSR count). The molecule has 0 radical (unpaired) electrons. The van der Waals surface area contributed by atoms with Crippen LogP contribution in [-0.2, 0) is 26.0 Å². The molecule has 4 atom stereocenters. The van der Waals surface area contributed by atoms with Crippen molar-refractivity contribution in [3.8, 4) is 0 Å². The van der Waals surface area contributed by atoms with Crippen molar-refractivity contribution in [1.82, 2.24) is 10.3 Å². The Bertz CT molecular complexity index is 1400. The van der Waals surface area contributed by atoms with Crippen molar-refractivity contribution >= 4 is 27.5 Å². The second-order valence-corrected chi connectivity index (χ2v) is 13.7. The average Bonchev–Trinajstić information content (AvgIpc) is 3.71. The van der Waals surface area contributed by atoms with E-state index in [-0.39, 0.29) is 47.8 Å². The van der Waals surface area contributed by atoms with Gasteiger partial charge in [0, 0.05) is 12.5 Å². The van der Waals surface area contributed by atoms with Gasteiger partial charge in [-0.25, -0.2) is 22.1 Å².